The second-order valence-electron chi connectivity index (χ2n) is 7.78. The van der Waals surface area contributed by atoms with E-state index in [-0.39, 0.29) is 5.82 Å². The van der Waals surface area contributed by atoms with Crippen LogP contribution >= 0.6 is 11.6 Å². The van der Waals surface area contributed by atoms with Gasteiger partial charge in [0.15, 0.2) is 0 Å². The molecule has 0 aliphatic rings. The van der Waals surface area contributed by atoms with E-state index in [0.717, 1.165) is 34.5 Å². The lowest BCUT2D eigenvalue weighted by Crippen LogP contribution is -2.18. The Labute approximate surface area is 199 Å². The summed E-state index contributed by atoms with van der Waals surface area (Å²) in [5.74, 6) is -0.286. The van der Waals surface area contributed by atoms with Gasteiger partial charge in [-0.05, 0) is 67.4 Å². The highest BCUT2D eigenvalue weighted by Gasteiger charge is 2.15. The molecule has 0 bridgehead atoms. The van der Waals surface area contributed by atoms with Gasteiger partial charge in [-0.25, -0.2) is 9.38 Å². The van der Waals surface area contributed by atoms with E-state index in [4.69, 9.17) is 21.6 Å². The van der Waals surface area contributed by atoms with Gasteiger partial charge in [0.1, 0.15) is 5.82 Å². The van der Waals surface area contributed by atoms with Crippen molar-refractivity contribution in [1.82, 2.24) is 0 Å². The van der Waals surface area contributed by atoms with Crippen LogP contribution in [0.2, 0.25) is 5.02 Å². The first-order valence-corrected chi connectivity index (χ1v) is 11.2. The van der Waals surface area contributed by atoms with Gasteiger partial charge in [0.25, 0.3) is 0 Å². The number of halogens is 2. The van der Waals surface area contributed by atoms with Gasteiger partial charge in [-0.2, -0.15) is 0 Å². The molecule has 0 aliphatic carbocycles. The Kier molecular flexibility index (Phi) is 7.43. The molecule has 4 rings (SSSR count). The van der Waals surface area contributed by atoms with E-state index in [2.05, 4.69) is 12.1 Å². The summed E-state index contributed by atoms with van der Waals surface area (Å²) >= 11 is 6.15. The minimum absolute atomic E-state index is 0.286. The Morgan fingerprint density at radius 2 is 1.33 bits per heavy atom. The number of aryl methyl sites for hydroxylation is 1. The largest absolute Gasteiger partial charge is 0.282 e. The molecule has 0 fully saturated rings. The van der Waals surface area contributed by atoms with Crippen molar-refractivity contribution in [1.29, 1.82) is 0 Å². The second kappa shape index (κ2) is 10.8. The van der Waals surface area contributed by atoms with Crippen LogP contribution in [0.5, 0.6) is 0 Å². The van der Waals surface area contributed by atoms with Gasteiger partial charge in [-0.3, -0.25) is 4.99 Å². The van der Waals surface area contributed by atoms with Gasteiger partial charge < -0.3 is 0 Å². The maximum atomic E-state index is 13.7. The maximum absolute atomic E-state index is 13.7. The molecule has 0 saturated heterocycles. The molecule has 4 heteroatoms. The van der Waals surface area contributed by atoms with Crippen molar-refractivity contribution < 1.29 is 4.39 Å². The van der Waals surface area contributed by atoms with Crippen LogP contribution in [0.15, 0.2) is 113 Å². The minimum atomic E-state index is -0.286. The SMILES string of the molecule is Cc1ccc(N=C(C(=NCCc2ccccc2)c2ccc(F)cc2)c2ccc(Cl)cc2)cc1. The molecule has 0 atom stereocenters. The topological polar surface area (TPSA) is 24.7 Å². The standard InChI is InChI=1S/C29H24ClFN2/c1-21-7-17-27(18-8-21)33-29(24-9-13-25(30)14-10-24)28(23-11-15-26(31)16-12-23)32-20-19-22-5-3-2-4-6-22/h2-18H,19-20H2,1H3. The molecule has 0 radical (unpaired) electrons. The quantitative estimate of drug-likeness (QED) is 0.256. The van der Waals surface area contributed by atoms with Gasteiger partial charge in [0, 0.05) is 22.7 Å². The van der Waals surface area contributed by atoms with Crippen molar-refractivity contribution in [3.05, 3.63) is 136 Å². The molecule has 0 spiro atoms. The third-order valence-corrected chi connectivity index (χ3v) is 5.50. The molecule has 0 saturated carbocycles. The number of aliphatic imine (C=N–C) groups is 2. The molecule has 0 aliphatic heterocycles. The summed E-state index contributed by atoms with van der Waals surface area (Å²) in [5.41, 5.74) is 6.33. The first-order chi connectivity index (χ1) is 16.1. The first kappa shape index (κ1) is 22.6. The van der Waals surface area contributed by atoms with Crippen LogP contribution in [0.1, 0.15) is 22.3 Å². The van der Waals surface area contributed by atoms with Crippen LogP contribution in [0.25, 0.3) is 0 Å². The van der Waals surface area contributed by atoms with Crippen LogP contribution in [-0.4, -0.2) is 18.0 Å². The second-order valence-corrected chi connectivity index (χ2v) is 8.21. The smallest absolute Gasteiger partial charge is 0.123 e. The van der Waals surface area contributed by atoms with Crippen molar-refractivity contribution in [2.45, 2.75) is 13.3 Å². The molecule has 0 amide bonds. The molecule has 33 heavy (non-hydrogen) atoms. The molecular formula is C29H24ClFN2. The highest BCUT2D eigenvalue weighted by atomic mass is 35.5. The summed E-state index contributed by atoms with van der Waals surface area (Å²) in [6.07, 6.45) is 0.796. The molecule has 2 nitrogen and oxygen atoms in total. The van der Waals surface area contributed by atoms with Crippen molar-refractivity contribution in [3.8, 4) is 0 Å². The Morgan fingerprint density at radius 3 is 2.00 bits per heavy atom. The molecule has 164 valence electrons. The minimum Gasteiger partial charge on any atom is -0.282 e. The highest BCUT2D eigenvalue weighted by molar-refractivity contribution is 6.54. The van der Waals surface area contributed by atoms with Gasteiger partial charge >= 0.3 is 0 Å². The molecule has 4 aromatic carbocycles. The van der Waals surface area contributed by atoms with Crippen molar-refractivity contribution in [2.75, 3.05) is 6.54 Å². The van der Waals surface area contributed by atoms with Crippen LogP contribution in [0.3, 0.4) is 0 Å². The Balaban J connectivity index is 1.80. The van der Waals surface area contributed by atoms with E-state index >= 15 is 0 Å². The fraction of sp³-hybridized carbons (Fsp3) is 0.103. The monoisotopic (exact) mass is 454 g/mol. The predicted octanol–water partition coefficient (Wildman–Crippen LogP) is 7.64. The third-order valence-electron chi connectivity index (χ3n) is 5.25. The van der Waals surface area contributed by atoms with Crippen LogP contribution in [0.4, 0.5) is 10.1 Å². The zero-order chi connectivity index (χ0) is 23.0. The molecular weight excluding hydrogens is 431 g/mol. The van der Waals surface area contributed by atoms with Crippen LogP contribution in [-0.2, 0) is 6.42 Å². The average molecular weight is 455 g/mol. The van der Waals surface area contributed by atoms with E-state index in [1.54, 1.807) is 12.1 Å². The lowest BCUT2D eigenvalue weighted by atomic mass is 9.99. The van der Waals surface area contributed by atoms with Gasteiger partial charge in [0.2, 0.25) is 0 Å². The zero-order valence-electron chi connectivity index (χ0n) is 18.4. The summed E-state index contributed by atoms with van der Waals surface area (Å²) in [6.45, 7) is 2.62. The van der Waals surface area contributed by atoms with E-state index in [9.17, 15) is 4.39 Å². The first-order valence-electron chi connectivity index (χ1n) is 10.8. The van der Waals surface area contributed by atoms with Crippen molar-refractivity contribution >= 4 is 28.7 Å². The molecule has 0 aromatic heterocycles. The third kappa shape index (κ3) is 6.24. The summed E-state index contributed by atoms with van der Waals surface area (Å²) in [5, 5.41) is 0.651. The maximum Gasteiger partial charge on any atom is 0.123 e. The normalized spacial score (nSPS) is 12.1. The molecule has 0 heterocycles. The van der Waals surface area contributed by atoms with Crippen LogP contribution < -0.4 is 0 Å². The summed E-state index contributed by atoms with van der Waals surface area (Å²) in [4.78, 5) is 9.94. The predicted molar refractivity (Wildman–Crippen MR) is 137 cm³/mol. The number of benzene rings is 4. The van der Waals surface area contributed by atoms with E-state index in [1.165, 1.54) is 17.7 Å². The molecule has 4 aromatic rings. The Morgan fingerprint density at radius 1 is 0.727 bits per heavy atom. The lowest BCUT2D eigenvalue weighted by molar-refractivity contribution is 0.628. The number of rotatable bonds is 7. The number of hydrogen-bond donors (Lipinski definition) is 0. The zero-order valence-corrected chi connectivity index (χ0v) is 19.1. The Bertz CT molecular complexity index is 1240. The van der Waals surface area contributed by atoms with Crippen molar-refractivity contribution in [2.24, 2.45) is 9.98 Å². The van der Waals surface area contributed by atoms with E-state index in [1.807, 2.05) is 73.7 Å². The Hall–Kier alpha value is -3.56. The van der Waals surface area contributed by atoms with Gasteiger partial charge in [-0.1, -0.05) is 71.8 Å². The van der Waals surface area contributed by atoms with Crippen LogP contribution in [0, 0.1) is 12.7 Å². The fourth-order valence-electron chi connectivity index (χ4n) is 3.46. The van der Waals surface area contributed by atoms with E-state index in [0.29, 0.717) is 17.3 Å². The summed E-state index contributed by atoms with van der Waals surface area (Å²) in [6, 6.07) is 32.2. The lowest BCUT2D eigenvalue weighted by Gasteiger charge is -2.13. The van der Waals surface area contributed by atoms with Crippen molar-refractivity contribution in [3.63, 3.8) is 0 Å². The number of nitrogens with zero attached hydrogens (tertiary/aromatic N) is 2. The van der Waals surface area contributed by atoms with Gasteiger partial charge in [0.05, 0.1) is 17.1 Å². The summed E-state index contributed by atoms with van der Waals surface area (Å²) in [7, 11) is 0. The molecule has 0 unspecified atom stereocenters. The summed E-state index contributed by atoms with van der Waals surface area (Å²) < 4.78 is 13.7. The average Bonchev–Trinajstić information content (AvgIpc) is 2.84. The highest BCUT2D eigenvalue weighted by Crippen LogP contribution is 2.20. The fourth-order valence-corrected chi connectivity index (χ4v) is 3.59. The van der Waals surface area contributed by atoms with E-state index < -0.39 is 0 Å². The van der Waals surface area contributed by atoms with Gasteiger partial charge in [-0.15, -0.1) is 0 Å². The molecule has 0 N–H and O–H groups in total. The number of hydrogen-bond acceptors (Lipinski definition) is 2.